The van der Waals surface area contributed by atoms with E-state index < -0.39 is 16.0 Å². The molecule has 1 saturated heterocycles. The smallest absolute Gasteiger partial charge is 0.335 e. The lowest BCUT2D eigenvalue weighted by Gasteiger charge is -2.31. The van der Waals surface area contributed by atoms with E-state index in [1.807, 2.05) is 11.9 Å². The number of piperazine rings is 1. The van der Waals surface area contributed by atoms with E-state index in [2.05, 4.69) is 0 Å². The zero-order chi connectivity index (χ0) is 18.9. The minimum absolute atomic E-state index is 0.0370. The third kappa shape index (κ3) is 3.72. The lowest BCUT2D eigenvalue weighted by Crippen LogP contribution is -2.47. The molecule has 0 aliphatic carbocycles. The summed E-state index contributed by atoms with van der Waals surface area (Å²) in [6, 6.07) is 10.3. The summed E-state index contributed by atoms with van der Waals surface area (Å²) < 4.78 is 27.3. The highest BCUT2D eigenvalue weighted by Crippen LogP contribution is 2.28. The molecule has 0 aromatic heterocycles. The zero-order valence-corrected chi connectivity index (χ0v) is 15.1. The van der Waals surface area contributed by atoms with Crippen molar-refractivity contribution in [1.82, 2.24) is 9.21 Å². The maximum atomic E-state index is 13.0. The Bertz CT molecular complexity index is 917. The van der Waals surface area contributed by atoms with Gasteiger partial charge in [0.05, 0.1) is 10.5 Å². The van der Waals surface area contributed by atoms with Crippen LogP contribution in [0.4, 0.5) is 0 Å². The second-order valence-corrected chi connectivity index (χ2v) is 8.24. The lowest BCUT2D eigenvalue weighted by atomic mass is 10.0. The number of carboxylic acid groups (broad SMARTS) is 1. The predicted octanol–water partition coefficient (Wildman–Crippen LogP) is 1.69. The Kier molecular flexibility index (Phi) is 4.99. The molecule has 8 heteroatoms. The number of benzene rings is 2. The Labute approximate surface area is 152 Å². The van der Waals surface area contributed by atoms with Crippen LogP contribution >= 0.6 is 0 Å². The number of aromatic hydroxyl groups is 1. The molecule has 1 heterocycles. The van der Waals surface area contributed by atoms with Gasteiger partial charge in [0.1, 0.15) is 5.75 Å². The second-order valence-electron chi connectivity index (χ2n) is 6.31. The monoisotopic (exact) mass is 376 g/mol. The number of nitrogens with zero attached hydrogens (tertiary/aromatic N) is 2. The fourth-order valence-corrected chi connectivity index (χ4v) is 4.36. The first-order chi connectivity index (χ1) is 12.3. The molecule has 1 aliphatic heterocycles. The molecule has 3 rings (SSSR count). The molecule has 0 amide bonds. The van der Waals surface area contributed by atoms with Crippen LogP contribution in [0, 0.1) is 0 Å². The van der Waals surface area contributed by atoms with Crippen LogP contribution < -0.4 is 0 Å². The molecule has 0 spiro atoms. The molecule has 0 bridgehead atoms. The van der Waals surface area contributed by atoms with Crippen LogP contribution in [0.25, 0.3) is 11.1 Å². The number of phenolic OH excluding ortho intramolecular Hbond substituents is 1. The first kappa shape index (κ1) is 18.4. The van der Waals surface area contributed by atoms with Crippen molar-refractivity contribution in [2.45, 2.75) is 4.90 Å². The summed E-state index contributed by atoms with van der Waals surface area (Å²) in [5.41, 5.74) is 1.00. The van der Waals surface area contributed by atoms with Gasteiger partial charge in [-0.2, -0.15) is 4.31 Å². The molecule has 2 aromatic carbocycles. The highest BCUT2D eigenvalue weighted by molar-refractivity contribution is 7.89. The Balaban J connectivity index is 2.06. The number of aromatic carboxylic acids is 1. The summed E-state index contributed by atoms with van der Waals surface area (Å²) in [6.07, 6.45) is 0. The highest BCUT2D eigenvalue weighted by atomic mass is 32.2. The maximum absolute atomic E-state index is 13.0. The second kappa shape index (κ2) is 7.06. The van der Waals surface area contributed by atoms with E-state index in [1.54, 1.807) is 12.1 Å². The average molecular weight is 376 g/mol. The van der Waals surface area contributed by atoms with Crippen LogP contribution in [-0.4, -0.2) is 67.0 Å². The van der Waals surface area contributed by atoms with Gasteiger partial charge in [-0.1, -0.05) is 12.1 Å². The first-order valence-electron chi connectivity index (χ1n) is 8.14. The summed E-state index contributed by atoms with van der Waals surface area (Å²) in [7, 11) is -1.86. The van der Waals surface area contributed by atoms with Gasteiger partial charge in [-0.15, -0.1) is 0 Å². The molecular formula is C18H20N2O5S. The SMILES string of the molecule is CN1CCN(S(=O)(=O)c2cc(C(=O)O)cc(-c3ccc(O)cc3)c2)CC1. The minimum Gasteiger partial charge on any atom is -0.508 e. The van der Waals surface area contributed by atoms with Crippen LogP contribution in [0.5, 0.6) is 5.75 Å². The summed E-state index contributed by atoms with van der Waals surface area (Å²) >= 11 is 0. The summed E-state index contributed by atoms with van der Waals surface area (Å²) in [6.45, 7) is 1.99. The topological polar surface area (TPSA) is 98.2 Å². The molecule has 0 radical (unpaired) electrons. The summed E-state index contributed by atoms with van der Waals surface area (Å²) in [4.78, 5) is 13.5. The van der Waals surface area contributed by atoms with Gasteiger partial charge in [-0.25, -0.2) is 13.2 Å². The normalized spacial score (nSPS) is 16.5. The van der Waals surface area contributed by atoms with Crippen molar-refractivity contribution < 1.29 is 23.4 Å². The summed E-state index contributed by atoms with van der Waals surface area (Å²) in [5, 5.41) is 18.8. The Morgan fingerprint density at radius 1 is 0.962 bits per heavy atom. The quantitative estimate of drug-likeness (QED) is 0.843. The number of sulfonamides is 1. The largest absolute Gasteiger partial charge is 0.508 e. The van der Waals surface area contributed by atoms with Gasteiger partial charge in [0.15, 0.2) is 0 Å². The first-order valence-corrected chi connectivity index (χ1v) is 9.58. The number of rotatable bonds is 4. The van der Waals surface area contributed by atoms with Crippen molar-refractivity contribution >= 4 is 16.0 Å². The number of carbonyl (C=O) groups is 1. The third-order valence-corrected chi connectivity index (χ3v) is 6.33. The molecule has 0 unspecified atom stereocenters. The van der Waals surface area contributed by atoms with E-state index in [0.717, 1.165) is 0 Å². The molecule has 0 saturated carbocycles. The number of hydrogen-bond acceptors (Lipinski definition) is 5. The van der Waals surface area contributed by atoms with Crippen LogP contribution in [0.3, 0.4) is 0 Å². The van der Waals surface area contributed by atoms with Gasteiger partial charge in [0.25, 0.3) is 0 Å². The van der Waals surface area contributed by atoms with E-state index in [1.165, 1.54) is 34.6 Å². The zero-order valence-electron chi connectivity index (χ0n) is 14.3. The minimum atomic E-state index is -3.79. The van der Waals surface area contributed by atoms with Crippen molar-refractivity contribution in [3.05, 3.63) is 48.0 Å². The van der Waals surface area contributed by atoms with Crippen molar-refractivity contribution in [2.75, 3.05) is 33.2 Å². The van der Waals surface area contributed by atoms with Gasteiger partial charge in [0, 0.05) is 26.2 Å². The van der Waals surface area contributed by atoms with E-state index in [-0.39, 0.29) is 16.2 Å². The van der Waals surface area contributed by atoms with Crippen molar-refractivity contribution in [3.63, 3.8) is 0 Å². The Hall–Kier alpha value is -2.42. The van der Waals surface area contributed by atoms with E-state index >= 15 is 0 Å². The Morgan fingerprint density at radius 2 is 1.58 bits per heavy atom. The van der Waals surface area contributed by atoms with Crippen LogP contribution in [0.2, 0.25) is 0 Å². The highest BCUT2D eigenvalue weighted by Gasteiger charge is 2.28. The molecule has 138 valence electrons. The number of phenols is 1. The van der Waals surface area contributed by atoms with Crippen LogP contribution in [-0.2, 0) is 10.0 Å². The fourth-order valence-electron chi connectivity index (χ4n) is 2.87. The third-order valence-electron chi connectivity index (χ3n) is 4.45. The van der Waals surface area contributed by atoms with Crippen LogP contribution in [0.15, 0.2) is 47.4 Å². The average Bonchev–Trinajstić information content (AvgIpc) is 2.62. The Morgan fingerprint density at radius 3 is 2.15 bits per heavy atom. The van der Waals surface area contributed by atoms with Crippen LogP contribution in [0.1, 0.15) is 10.4 Å². The van der Waals surface area contributed by atoms with Gasteiger partial charge in [0.2, 0.25) is 10.0 Å². The van der Waals surface area contributed by atoms with Gasteiger partial charge in [-0.05, 0) is 48.5 Å². The van der Waals surface area contributed by atoms with Gasteiger partial charge in [-0.3, -0.25) is 0 Å². The number of carboxylic acids is 1. The molecule has 2 aromatic rings. The van der Waals surface area contributed by atoms with E-state index in [9.17, 15) is 23.4 Å². The molecule has 7 nitrogen and oxygen atoms in total. The van der Waals surface area contributed by atoms with Gasteiger partial charge < -0.3 is 15.1 Å². The maximum Gasteiger partial charge on any atom is 0.335 e. The predicted molar refractivity (Wildman–Crippen MR) is 96.8 cm³/mol. The molecule has 26 heavy (non-hydrogen) atoms. The standard InChI is InChI=1S/C18H20N2O5S/c1-19-6-8-20(9-7-19)26(24,25)17-11-14(10-15(12-17)18(22)23)13-2-4-16(21)5-3-13/h2-5,10-12,21H,6-9H2,1H3,(H,22,23). The molecule has 0 atom stereocenters. The molecule has 1 fully saturated rings. The van der Waals surface area contributed by atoms with Crippen molar-refractivity contribution in [3.8, 4) is 16.9 Å². The van der Waals surface area contributed by atoms with E-state index in [4.69, 9.17) is 0 Å². The molecular weight excluding hydrogens is 356 g/mol. The summed E-state index contributed by atoms with van der Waals surface area (Å²) in [5.74, 6) is -1.12. The van der Waals surface area contributed by atoms with E-state index in [0.29, 0.717) is 37.3 Å². The molecule has 1 aliphatic rings. The number of likely N-dealkylation sites (N-methyl/N-ethyl adjacent to an activating group) is 1. The van der Waals surface area contributed by atoms with Gasteiger partial charge >= 0.3 is 5.97 Å². The van der Waals surface area contributed by atoms with Crippen molar-refractivity contribution in [2.24, 2.45) is 0 Å². The lowest BCUT2D eigenvalue weighted by molar-refractivity contribution is 0.0696. The molecule has 2 N–H and O–H groups in total. The van der Waals surface area contributed by atoms with Crippen molar-refractivity contribution in [1.29, 1.82) is 0 Å². The number of hydrogen-bond donors (Lipinski definition) is 2. The fraction of sp³-hybridized carbons (Fsp3) is 0.278.